The van der Waals surface area contributed by atoms with E-state index in [1.165, 1.54) is 24.0 Å². The van der Waals surface area contributed by atoms with Crippen molar-refractivity contribution >= 4 is 17.5 Å². The number of carbonyl (C=O) groups is 2. The molecular formula is C26H29N3O3. The molecular weight excluding hydrogens is 402 g/mol. The highest BCUT2D eigenvalue weighted by molar-refractivity contribution is 5.96. The molecule has 4 aliphatic rings. The van der Waals surface area contributed by atoms with Crippen LogP contribution in [0.2, 0.25) is 0 Å². The van der Waals surface area contributed by atoms with Crippen molar-refractivity contribution in [2.75, 3.05) is 25.0 Å². The average Bonchev–Trinajstić information content (AvgIpc) is 3.61. The molecule has 0 radical (unpaired) electrons. The van der Waals surface area contributed by atoms with Crippen molar-refractivity contribution in [2.45, 2.75) is 63.1 Å². The SMILES string of the molecule is CN1C(=O)CCc2cc(-c3cncc4c3CCCC4C(=O)N3CC(OC4CC4)C3)ccc21. The molecule has 1 atom stereocenters. The molecule has 1 saturated carbocycles. The number of hydrogen-bond acceptors (Lipinski definition) is 4. The smallest absolute Gasteiger partial charge is 0.230 e. The fraction of sp³-hybridized carbons (Fsp3) is 0.500. The number of benzene rings is 1. The van der Waals surface area contributed by atoms with E-state index in [0.717, 1.165) is 61.2 Å². The molecule has 2 aliphatic carbocycles. The molecule has 166 valence electrons. The maximum absolute atomic E-state index is 13.3. The summed E-state index contributed by atoms with van der Waals surface area (Å²) in [4.78, 5) is 33.6. The third kappa shape index (κ3) is 3.41. The van der Waals surface area contributed by atoms with Crippen LogP contribution in [0.1, 0.15) is 54.7 Å². The van der Waals surface area contributed by atoms with E-state index in [4.69, 9.17) is 4.74 Å². The van der Waals surface area contributed by atoms with E-state index in [1.807, 2.05) is 30.4 Å². The lowest BCUT2D eigenvalue weighted by molar-refractivity contribution is -0.147. The first-order valence-electron chi connectivity index (χ1n) is 11.9. The molecule has 6 heteroatoms. The third-order valence-corrected chi connectivity index (χ3v) is 7.49. The second kappa shape index (κ2) is 7.69. The molecule has 2 aromatic rings. The van der Waals surface area contributed by atoms with Crippen LogP contribution in [-0.2, 0) is 27.2 Å². The van der Waals surface area contributed by atoms with Crippen LogP contribution in [0.15, 0.2) is 30.6 Å². The molecule has 6 nitrogen and oxygen atoms in total. The summed E-state index contributed by atoms with van der Waals surface area (Å²) in [5.74, 6) is 0.293. The summed E-state index contributed by atoms with van der Waals surface area (Å²) < 4.78 is 5.94. The number of ether oxygens (including phenoxy) is 1. The van der Waals surface area contributed by atoms with Crippen molar-refractivity contribution in [1.82, 2.24) is 9.88 Å². The van der Waals surface area contributed by atoms with Gasteiger partial charge in [0.15, 0.2) is 0 Å². The van der Waals surface area contributed by atoms with Crippen molar-refractivity contribution in [2.24, 2.45) is 0 Å². The van der Waals surface area contributed by atoms with Crippen LogP contribution in [-0.4, -0.2) is 54.0 Å². The number of aromatic nitrogens is 1. The number of nitrogens with zero attached hydrogens (tertiary/aromatic N) is 3. The van der Waals surface area contributed by atoms with E-state index >= 15 is 0 Å². The summed E-state index contributed by atoms with van der Waals surface area (Å²) in [6.07, 6.45) is 11.0. The second-order valence-electron chi connectivity index (χ2n) is 9.70. The molecule has 32 heavy (non-hydrogen) atoms. The zero-order valence-corrected chi connectivity index (χ0v) is 18.5. The predicted octanol–water partition coefficient (Wildman–Crippen LogP) is 3.47. The van der Waals surface area contributed by atoms with Gasteiger partial charge >= 0.3 is 0 Å². The normalized spacial score (nSPS) is 22.9. The number of likely N-dealkylation sites (tertiary alicyclic amines) is 1. The van der Waals surface area contributed by atoms with Gasteiger partial charge in [-0.05, 0) is 72.9 Å². The Balaban J connectivity index is 1.26. The molecule has 2 amide bonds. The first-order valence-corrected chi connectivity index (χ1v) is 11.9. The van der Waals surface area contributed by atoms with Gasteiger partial charge in [-0.3, -0.25) is 14.6 Å². The first kappa shape index (κ1) is 19.9. The van der Waals surface area contributed by atoms with Gasteiger partial charge in [0.25, 0.3) is 0 Å². The molecule has 0 N–H and O–H groups in total. The topological polar surface area (TPSA) is 62.7 Å². The molecule has 1 saturated heterocycles. The summed E-state index contributed by atoms with van der Waals surface area (Å²) in [5.41, 5.74) is 6.81. The first-order chi connectivity index (χ1) is 15.6. The fourth-order valence-corrected chi connectivity index (χ4v) is 5.45. The van der Waals surface area contributed by atoms with Crippen LogP contribution < -0.4 is 4.90 Å². The molecule has 0 bridgehead atoms. The highest BCUT2D eigenvalue weighted by Crippen LogP contribution is 2.40. The minimum Gasteiger partial charge on any atom is -0.371 e. The number of rotatable bonds is 4. The average molecular weight is 432 g/mol. The van der Waals surface area contributed by atoms with Crippen molar-refractivity contribution < 1.29 is 14.3 Å². The molecule has 0 spiro atoms. The Labute approximate surface area is 188 Å². The largest absolute Gasteiger partial charge is 0.371 e. The number of carbonyl (C=O) groups excluding carboxylic acids is 2. The second-order valence-corrected chi connectivity index (χ2v) is 9.70. The van der Waals surface area contributed by atoms with Gasteiger partial charge in [-0.1, -0.05) is 6.07 Å². The van der Waals surface area contributed by atoms with E-state index in [0.29, 0.717) is 12.5 Å². The molecule has 1 unspecified atom stereocenters. The standard InChI is InChI=1S/C26H29N3O3/c1-28-24-9-5-16(11-17(24)6-10-25(28)30)22-12-27-13-23-20(22)3-2-4-21(23)26(31)29-14-19(15-29)32-18-7-8-18/h5,9,11-13,18-19,21H,2-4,6-8,10,14-15H2,1H3. The van der Waals surface area contributed by atoms with E-state index < -0.39 is 0 Å². The van der Waals surface area contributed by atoms with E-state index in [-0.39, 0.29) is 23.8 Å². The summed E-state index contributed by atoms with van der Waals surface area (Å²) >= 11 is 0. The van der Waals surface area contributed by atoms with Crippen LogP contribution >= 0.6 is 0 Å². The van der Waals surface area contributed by atoms with Gasteiger partial charge < -0.3 is 14.5 Å². The quantitative estimate of drug-likeness (QED) is 0.744. The monoisotopic (exact) mass is 431 g/mol. The van der Waals surface area contributed by atoms with Gasteiger partial charge in [-0.15, -0.1) is 0 Å². The number of hydrogen-bond donors (Lipinski definition) is 0. The zero-order valence-electron chi connectivity index (χ0n) is 18.5. The van der Waals surface area contributed by atoms with Gasteiger partial charge in [0.05, 0.1) is 18.1 Å². The zero-order chi connectivity index (χ0) is 21.8. The number of fused-ring (bicyclic) bond motifs is 2. The molecule has 2 fully saturated rings. The Morgan fingerprint density at radius 1 is 1.06 bits per heavy atom. The Hall–Kier alpha value is -2.73. The number of anilines is 1. The van der Waals surface area contributed by atoms with Crippen LogP contribution in [0.3, 0.4) is 0 Å². The van der Waals surface area contributed by atoms with E-state index in [2.05, 4.69) is 17.1 Å². The Morgan fingerprint density at radius 3 is 2.72 bits per heavy atom. The summed E-state index contributed by atoms with van der Waals surface area (Å²) in [6.45, 7) is 1.46. The van der Waals surface area contributed by atoms with Crippen molar-refractivity contribution in [3.05, 3.63) is 47.3 Å². The van der Waals surface area contributed by atoms with Gasteiger partial charge in [-0.2, -0.15) is 0 Å². The summed E-state index contributed by atoms with van der Waals surface area (Å²) in [6, 6.07) is 6.34. The summed E-state index contributed by atoms with van der Waals surface area (Å²) in [5, 5.41) is 0. The Kier molecular flexibility index (Phi) is 4.79. The highest BCUT2D eigenvalue weighted by Gasteiger charge is 2.40. The minimum atomic E-state index is -0.102. The van der Waals surface area contributed by atoms with Crippen LogP contribution in [0, 0.1) is 0 Å². The van der Waals surface area contributed by atoms with Crippen LogP contribution in [0.4, 0.5) is 5.69 Å². The number of pyridine rings is 1. The third-order valence-electron chi connectivity index (χ3n) is 7.49. The van der Waals surface area contributed by atoms with Crippen LogP contribution in [0.25, 0.3) is 11.1 Å². The molecule has 3 heterocycles. The Morgan fingerprint density at radius 2 is 1.91 bits per heavy atom. The van der Waals surface area contributed by atoms with Gasteiger partial charge in [0.2, 0.25) is 11.8 Å². The molecule has 1 aromatic carbocycles. The van der Waals surface area contributed by atoms with Crippen molar-refractivity contribution in [3.63, 3.8) is 0 Å². The number of aryl methyl sites for hydroxylation is 1. The lowest BCUT2D eigenvalue weighted by Crippen LogP contribution is -2.56. The van der Waals surface area contributed by atoms with E-state index in [1.54, 1.807) is 4.90 Å². The molecule has 6 rings (SSSR count). The molecule has 2 aliphatic heterocycles. The van der Waals surface area contributed by atoms with Crippen molar-refractivity contribution in [1.29, 1.82) is 0 Å². The summed E-state index contributed by atoms with van der Waals surface area (Å²) in [7, 11) is 1.85. The lowest BCUT2D eigenvalue weighted by Gasteiger charge is -2.41. The van der Waals surface area contributed by atoms with Crippen LogP contribution in [0.5, 0.6) is 0 Å². The number of amides is 2. The van der Waals surface area contributed by atoms with Gasteiger partial charge in [-0.25, -0.2) is 0 Å². The minimum absolute atomic E-state index is 0.102. The highest BCUT2D eigenvalue weighted by atomic mass is 16.5. The maximum Gasteiger partial charge on any atom is 0.230 e. The lowest BCUT2D eigenvalue weighted by atomic mass is 9.79. The fourth-order valence-electron chi connectivity index (χ4n) is 5.45. The predicted molar refractivity (Wildman–Crippen MR) is 122 cm³/mol. The van der Waals surface area contributed by atoms with Gasteiger partial charge in [0, 0.05) is 50.2 Å². The molecule has 1 aromatic heterocycles. The van der Waals surface area contributed by atoms with Crippen molar-refractivity contribution in [3.8, 4) is 11.1 Å². The van der Waals surface area contributed by atoms with E-state index in [9.17, 15) is 9.59 Å². The maximum atomic E-state index is 13.3. The van der Waals surface area contributed by atoms with Gasteiger partial charge in [0.1, 0.15) is 0 Å². The Bertz CT molecular complexity index is 1090.